The number of hydrogen-bond acceptors (Lipinski definition) is 3. The van der Waals surface area contributed by atoms with Gasteiger partial charge in [-0.15, -0.1) is 0 Å². The Kier molecular flexibility index (Phi) is 7.59. The van der Waals surface area contributed by atoms with Crippen molar-refractivity contribution in [2.24, 2.45) is 0 Å². The molecule has 0 saturated carbocycles. The number of carbonyl (C=O) groups is 1. The first-order valence-electron chi connectivity index (χ1n) is 8.88. The van der Waals surface area contributed by atoms with Gasteiger partial charge in [0.1, 0.15) is 0 Å². The van der Waals surface area contributed by atoms with Gasteiger partial charge >= 0.3 is 0 Å². The van der Waals surface area contributed by atoms with Crippen LogP contribution in [0.5, 0.6) is 0 Å². The second-order valence-electron chi connectivity index (χ2n) is 6.50. The highest BCUT2D eigenvalue weighted by Crippen LogP contribution is 2.25. The lowest BCUT2D eigenvalue weighted by molar-refractivity contribution is -0.116. The van der Waals surface area contributed by atoms with E-state index in [9.17, 15) is 13.2 Å². The number of halogens is 1. The van der Waals surface area contributed by atoms with Crippen molar-refractivity contribution >= 4 is 37.5 Å². The van der Waals surface area contributed by atoms with Crippen molar-refractivity contribution in [3.8, 4) is 0 Å². The number of aryl methyl sites for hydroxylation is 3. The largest absolute Gasteiger partial charge is 0.326 e. The summed E-state index contributed by atoms with van der Waals surface area (Å²) in [6, 6.07) is 10.6. The van der Waals surface area contributed by atoms with Crippen LogP contribution in [0.1, 0.15) is 36.5 Å². The minimum Gasteiger partial charge on any atom is -0.326 e. The molecule has 2 aromatic rings. The van der Waals surface area contributed by atoms with Crippen LogP contribution in [0, 0.1) is 13.8 Å². The Labute approximate surface area is 169 Å². The average Bonchev–Trinajstić information content (AvgIpc) is 2.61. The molecule has 0 aliphatic rings. The van der Waals surface area contributed by atoms with Crippen molar-refractivity contribution in [1.29, 1.82) is 0 Å². The molecule has 2 aromatic carbocycles. The van der Waals surface area contributed by atoms with E-state index in [2.05, 4.69) is 26.0 Å². The molecule has 0 aliphatic heterocycles. The van der Waals surface area contributed by atoms with Crippen LogP contribution in [0.15, 0.2) is 45.8 Å². The van der Waals surface area contributed by atoms with Crippen molar-refractivity contribution < 1.29 is 13.2 Å². The van der Waals surface area contributed by atoms with E-state index in [1.165, 1.54) is 0 Å². The molecule has 0 spiro atoms. The van der Waals surface area contributed by atoms with Crippen molar-refractivity contribution in [2.45, 2.75) is 44.9 Å². The highest BCUT2D eigenvalue weighted by molar-refractivity contribution is 9.10. The van der Waals surface area contributed by atoms with Gasteiger partial charge in [0.25, 0.3) is 0 Å². The fraction of sp³-hybridized carbons (Fsp3) is 0.350. The maximum absolute atomic E-state index is 12.3. The van der Waals surface area contributed by atoms with Crippen molar-refractivity contribution in [2.75, 3.05) is 11.9 Å². The second-order valence-corrected chi connectivity index (χ2v) is 9.19. The predicted molar refractivity (Wildman–Crippen MR) is 112 cm³/mol. The summed E-state index contributed by atoms with van der Waals surface area (Å²) in [6.45, 7) is 6.24. The molecular formula is C20H25BrN2O3S. The van der Waals surface area contributed by atoms with E-state index in [-0.39, 0.29) is 10.8 Å². The molecule has 0 heterocycles. The molecule has 2 N–H and O–H groups in total. The van der Waals surface area contributed by atoms with E-state index >= 15 is 0 Å². The number of rotatable bonds is 8. The van der Waals surface area contributed by atoms with E-state index in [1.807, 2.05) is 32.9 Å². The molecule has 0 aliphatic carbocycles. The molecule has 0 unspecified atom stereocenters. The number of nitrogens with one attached hydrogen (secondary N) is 2. The number of anilines is 1. The van der Waals surface area contributed by atoms with Crippen molar-refractivity contribution in [1.82, 2.24) is 4.72 Å². The third kappa shape index (κ3) is 6.16. The van der Waals surface area contributed by atoms with Gasteiger partial charge < -0.3 is 5.32 Å². The number of carbonyl (C=O) groups excluding carboxylic acids is 1. The Morgan fingerprint density at radius 1 is 1.07 bits per heavy atom. The van der Waals surface area contributed by atoms with Gasteiger partial charge in [-0.1, -0.05) is 35.0 Å². The number of hydrogen-bond donors (Lipinski definition) is 2. The monoisotopic (exact) mass is 452 g/mol. The summed E-state index contributed by atoms with van der Waals surface area (Å²) >= 11 is 3.45. The zero-order valence-corrected chi connectivity index (χ0v) is 18.2. The summed E-state index contributed by atoms with van der Waals surface area (Å²) in [6.07, 6.45) is 1.61. The highest BCUT2D eigenvalue weighted by atomic mass is 79.9. The van der Waals surface area contributed by atoms with Gasteiger partial charge in [0.2, 0.25) is 15.9 Å². The summed E-state index contributed by atoms with van der Waals surface area (Å²) < 4.78 is 27.7. The first-order chi connectivity index (χ1) is 12.7. The van der Waals surface area contributed by atoms with Gasteiger partial charge in [0.05, 0.1) is 4.90 Å². The summed E-state index contributed by atoms with van der Waals surface area (Å²) in [5.41, 5.74) is 3.77. The lowest BCUT2D eigenvalue weighted by Gasteiger charge is -2.12. The van der Waals surface area contributed by atoms with Crippen LogP contribution < -0.4 is 10.0 Å². The van der Waals surface area contributed by atoms with E-state index in [1.54, 1.807) is 24.3 Å². The number of sulfonamides is 1. The Bertz CT molecular complexity index is 886. The van der Waals surface area contributed by atoms with E-state index in [0.29, 0.717) is 19.4 Å². The standard InChI is InChI=1S/C20H25BrN2O3S/c1-4-11-22-27(25,26)18-8-5-16(6-9-18)7-10-19(24)23-20-14(2)12-17(21)13-15(20)3/h5-6,8-9,12-13,22H,4,7,10-11H2,1-3H3,(H,23,24). The van der Waals surface area contributed by atoms with Gasteiger partial charge in [-0.3, -0.25) is 4.79 Å². The van der Waals surface area contributed by atoms with E-state index in [0.717, 1.165) is 33.3 Å². The molecule has 0 atom stereocenters. The maximum Gasteiger partial charge on any atom is 0.240 e. The molecule has 5 nitrogen and oxygen atoms in total. The molecule has 7 heteroatoms. The number of amides is 1. The Morgan fingerprint density at radius 2 is 1.67 bits per heavy atom. The molecular weight excluding hydrogens is 428 g/mol. The highest BCUT2D eigenvalue weighted by Gasteiger charge is 2.13. The molecule has 0 bridgehead atoms. The zero-order chi connectivity index (χ0) is 20.0. The SMILES string of the molecule is CCCNS(=O)(=O)c1ccc(CCC(=O)Nc2c(C)cc(Br)cc2C)cc1. The van der Waals surface area contributed by atoms with Crippen LogP contribution in [0.3, 0.4) is 0 Å². The summed E-state index contributed by atoms with van der Waals surface area (Å²) in [7, 11) is -3.46. The van der Waals surface area contributed by atoms with Crippen LogP contribution in [-0.4, -0.2) is 20.9 Å². The Hall–Kier alpha value is -1.70. The zero-order valence-electron chi connectivity index (χ0n) is 15.8. The minimum atomic E-state index is -3.46. The summed E-state index contributed by atoms with van der Waals surface area (Å²) in [5.74, 6) is -0.0650. The number of benzene rings is 2. The molecule has 0 saturated heterocycles. The summed E-state index contributed by atoms with van der Waals surface area (Å²) in [5, 5.41) is 2.97. The van der Waals surface area contributed by atoms with Crippen LogP contribution >= 0.6 is 15.9 Å². The van der Waals surface area contributed by atoms with Crippen LogP contribution in [0.25, 0.3) is 0 Å². The fourth-order valence-corrected chi connectivity index (χ4v) is 4.54. The van der Waals surface area contributed by atoms with Gasteiger partial charge in [0.15, 0.2) is 0 Å². The second kappa shape index (κ2) is 9.48. The van der Waals surface area contributed by atoms with Gasteiger partial charge in [0, 0.05) is 23.1 Å². The molecule has 0 fully saturated rings. The van der Waals surface area contributed by atoms with E-state index < -0.39 is 10.0 Å². The van der Waals surface area contributed by atoms with Gasteiger partial charge in [-0.25, -0.2) is 13.1 Å². The van der Waals surface area contributed by atoms with Crippen molar-refractivity contribution in [3.05, 3.63) is 57.6 Å². The Balaban J connectivity index is 1.96. The van der Waals surface area contributed by atoms with Gasteiger partial charge in [-0.2, -0.15) is 0 Å². The van der Waals surface area contributed by atoms with Crippen molar-refractivity contribution in [3.63, 3.8) is 0 Å². The lowest BCUT2D eigenvalue weighted by atomic mass is 10.1. The molecule has 2 rings (SSSR count). The first kappa shape index (κ1) is 21.6. The van der Waals surface area contributed by atoms with E-state index in [4.69, 9.17) is 0 Å². The van der Waals surface area contributed by atoms with Crippen LogP contribution in [-0.2, 0) is 21.2 Å². The topological polar surface area (TPSA) is 75.3 Å². The minimum absolute atomic E-state index is 0.0650. The smallest absolute Gasteiger partial charge is 0.240 e. The maximum atomic E-state index is 12.3. The molecule has 27 heavy (non-hydrogen) atoms. The molecule has 1 amide bonds. The van der Waals surface area contributed by atoms with Crippen LogP contribution in [0.4, 0.5) is 5.69 Å². The normalized spacial score (nSPS) is 11.4. The molecule has 146 valence electrons. The third-order valence-electron chi connectivity index (χ3n) is 4.18. The quantitative estimate of drug-likeness (QED) is 0.625. The Morgan fingerprint density at radius 3 is 2.22 bits per heavy atom. The van der Waals surface area contributed by atoms with Gasteiger partial charge in [-0.05, 0) is 67.6 Å². The van der Waals surface area contributed by atoms with Crippen LogP contribution in [0.2, 0.25) is 0 Å². The average molecular weight is 453 g/mol. The molecule has 0 radical (unpaired) electrons. The molecule has 0 aromatic heterocycles. The first-order valence-corrected chi connectivity index (χ1v) is 11.2. The lowest BCUT2D eigenvalue weighted by Crippen LogP contribution is -2.24. The third-order valence-corrected chi connectivity index (χ3v) is 6.11. The fourth-order valence-electron chi connectivity index (χ4n) is 2.72. The predicted octanol–water partition coefficient (Wildman–Crippen LogP) is 4.33. The summed E-state index contributed by atoms with van der Waals surface area (Å²) in [4.78, 5) is 12.5.